The predicted molar refractivity (Wildman–Crippen MR) is 51.9 cm³/mol. The first-order chi connectivity index (χ1) is 5.95. The molecule has 0 saturated carbocycles. The Bertz CT molecular complexity index is 147. The molecule has 0 aliphatic heterocycles. The molecule has 0 unspecified atom stereocenters. The molecular formula is C10H20NO2. The topological polar surface area (TPSA) is 40.2 Å². The fraction of sp³-hybridized carbons (Fsp3) is 0.900. The molecule has 0 aliphatic rings. The summed E-state index contributed by atoms with van der Waals surface area (Å²) in [7, 11) is 0. The highest BCUT2D eigenvalue weighted by Gasteiger charge is 2.13. The highest BCUT2D eigenvalue weighted by Crippen LogP contribution is 2.06. The van der Waals surface area contributed by atoms with E-state index in [4.69, 9.17) is 0 Å². The van der Waals surface area contributed by atoms with Crippen molar-refractivity contribution in [3.05, 3.63) is 0 Å². The van der Waals surface area contributed by atoms with Gasteiger partial charge in [-0.2, -0.15) is 0 Å². The van der Waals surface area contributed by atoms with E-state index in [2.05, 4.69) is 32.6 Å². The monoisotopic (exact) mass is 186 g/mol. The van der Waals surface area contributed by atoms with Crippen LogP contribution in [-0.2, 0) is 9.90 Å². The summed E-state index contributed by atoms with van der Waals surface area (Å²) in [5.41, 5.74) is 0. The molecule has 0 fully saturated rings. The van der Waals surface area contributed by atoms with Gasteiger partial charge in [-0.25, -0.2) is 9.90 Å². The summed E-state index contributed by atoms with van der Waals surface area (Å²) in [5, 5.41) is 10.2. The fourth-order valence-corrected chi connectivity index (χ4v) is 1.52. The zero-order valence-corrected chi connectivity index (χ0v) is 9.04. The molecule has 0 bridgehead atoms. The minimum Gasteiger partial charge on any atom is -0.299 e. The molecule has 3 heteroatoms. The summed E-state index contributed by atoms with van der Waals surface area (Å²) in [6.07, 6.45) is 0.842. The molecule has 77 valence electrons. The molecule has 0 aliphatic carbocycles. The first-order valence-corrected chi connectivity index (χ1v) is 4.90. The summed E-state index contributed by atoms with van der Waals surface area (Å²) in [5.74, 6) is -0.951. The minimum atomic E-state index is -0.951. The van der Waals surface area contributed by atoms with Crippen molar-refractivity contribution in [3.8, 4) is 0 Å². The van der Waals surface area contributed by atoms with Crippen LogP contribution < -0.4 is 0 Å². The van der Waals surface area contributed by atoms with Gasteiger partial charge in [-0.1, -0.05) is 0 Å². The molecule has 13 heavy (non-hydrogen) atoms. The van der Waals surface area contributed by atoms with Crippen LogP contribution in [0.4, 0.5) is 0 Å². The lowest BCUT2D eigenvalue weighted by Gasteiger charge is -2.30. The van der Waals surface area contributed by atoms with Crippen molar-refractivity contribution in [3.63, 3.8) is 0 Å². The second-order valence-electron chi connectivity index (χ2n) is 3.90. The van der Waals surface area contributed by atoms with E-state index in [0.717, 1.165) is 6.54 Å². The van der Waals surface area contributed by atoms with Crippen LogP contribution >= 0.6 is 0 Å². The Hall–Kier alpha value is -0.570. The van der Waals surface area contributed by atoms with Crippen LogP contribution in [0, 0.1) is 0 Å². The molecule has 3 nitrogen and oxygen atoms in total. The largest absolute Gasteiger partial charge is 0.355 e. The molecule has 0 spiro atoms. The van der Waals surface area contributed by atoms with Gasteiger partial charge in [0, 0.05) is 12.1 Å². The third-order valence-corrected chi connectivity index (χ3v) is 2.12. The predicted octanol–water partition coefficient (Wildman–Crippen LogP) is 1.84. The zero-order valence-electron chi connectivity index (χ0n) is 9.04. The molecule has 0 heterocycles. The van der Waals surface area contributed by atoms with Crippen LogP contribution in [0.15, 0.2) is 0 Å². The van der Waals surface area contributed by atoms with Crippen LogP contribution in [0.3, 0.4) is 0 Å². The molecule has 0 atom stereocenters. The number of nitrogens with zero attached hydrogens (tertiary/aromatic N) is 1. The summed E-state index contributed by atoms with van der Waals surface area (Å²) < 4.78 is 0. The summed E-state index contributed by atoms with van der Waals surface area (Å²) in [4.78, 5) is 12.5. The third kappa shape index (κ3) is 5.64. The van der Waals surface area contributed by atoms with Gasteiger partial charge < -0.3 is 0 Å². The Morgan fingerprint density at radius 1 is 1.15 bits per heavy atom. The molecule has 0 N–H and O–H groups in total. The number of hydrogen-bond acceptors (Lipinski definition) is 2. The average Bonchev–Trinajstić information content (AvgIpc) is 1.95. The van der Waals surface area contributed by atoms with E-state index in [9.17, 15) is 9.90 Å². The summed E-state index contributed by atoms with van der Waals surface area (Å²) in [6.45, 7) is 9.33. The Balaban J connectivity index is 3.77. The standard InChI is InChI=1S/C10H20NO2/c1-8(2)11(9(3)4)7-5-6-10(12)13/h8-9H,5-7H2,1-4H3. The van der Waals surface area contributed by atoms with Gasteiger partial charge in [0.2, 0.25) is 0 Å². The van der Waals surface area contributed by atoms with Gasteiger partial charge in [0.25, 0.3) is 0 Å². The molecule has 0 rings (SSSR count). The van der Waals surface area contributed by atoms with Gasteiger partial charge >= 0.3 is 5.97 Å². The Kier molecular flexibility index (Phi) is 5.71. The van der Waals surface area contributed by atoms with E-state index < -0.39 is 5.97 Å². The molecular weight excluding hydrogens is 166 g/mol. The normalized spacial score (nSPS) is 11.6. The van der Waals surface area contributed by atoms with Crippen LogP contribution in [0.5, 0.6) is 0 Å². The van der Waals surface area contributed by atoms with Crippen molar-refractivity contribution in [2.45, 2.75) is 52.6 Å². The van der Waals surface area contributed by atoms with Crippen molar-refractivity contribution >= 4 is 5.97 Å². The van der Waals surface area contributed by atoms with Crippen LogP contribution in [0.25, 0.3) is 0 Å². The maximum absolute atomic E-state index is 10.2. The van der Waals surface area contributed by atoms with Crippen molar-refractivity contribution in [2.24, 2.45) is 0 Å². The van der Waals surface area contributed by atoms with E-state index >= 15 is 0 Å². The van der Waals surface area contributed by atoms with E-state index in [0.29, 0.717) is 18.5 Å². The quantitative estimate of drug-likeness (QED) is 0.635. The molecule has 0 aromatic carbocycles. The lowest BCUT2D eigenvalue weighted by molar-refractivity contribution is -0.143. The van der Waals surface area contributed by atoms with Gasteiger partial charge in [-0.05, 0) is 40.7 Å². The molecule has 1 radical (unpaired) electrons. The summed E-state index contributed by atoms with van der Waals surface area (Å²) >= 11 is 0. The van der Waals surface area contributed by atoms with Gasteiger partial charge in [-0.15, -0.1) is 0 Å². The van der Waals surface area contributed by atoms with Crippen LogP contribution in [0.2, 0.25) is 0 Å². The second-order valence-corrected chi connectivity index (χ2v) is 3.90. The van der Waals surface area contributed by atoms with Crippen LogP contribution in [-0.4, -0.2) is 29.5 Å². The number of carbonyl (C=O) groups excluding carboxylic acids is 1. The van der Waals surface area contributed by atoms with Gasteiger partial charge in [0.05, 0.1) is 6.42 Å². The number of carbonyl (C=O) groups is 1. The lowest BCUT2D eigenvalue weighted by atomic mass is 10.2. The SMILES string of the molecule is CC(C)N(CCCC([O])=O)C(C)C. The Labute approximate surface area is 80.7 Å². The minimum absolute atomic E-state index is 0.163. The van der Waals surface area contributed by atoms with E-state index in [1.165, 1.54) is 0 Å². The Morgan fingerprint density at radius 3 is 1.92 bits per heavy atom. The molecule has 0 saturated heterocycles. The number of hydrogen-bond donors (Lipinski definition) is 0. The van der Waals surface area contributed by atoms with Gasteiger partial charge in [0.15, 0.2) is 0 Å². The molecule has 0 amide bonds. The highest BCUT2D eigenvalue weighted by molar-refractivity contribution is 5.66. The second kappa shape index (κ2) is 5.97. The van der Waals surface area contributed by atoms with E-state index in [1.54, 1.807) is 0 Å². The Morgan fingerprint density at radius 2 is 1.62 bits per heavy atom. The van der Waals surface area contributed by atoms with Gasteiger partial charge in [0.1, 0.15) is 0 Å². The molecule has 0 aromatic heterocycles. The van der Waals surface area contributed by atoms with Gasteiger partial charge in [-0.3, -0.25) is 4.90 Å². The van der Waals surface area contributed by atoms with Crippen molar-refractivity contribution < 1.29 is 9.90 Å². The smallest absolute Gasteiger partial charge is 0.299 e. The zero-order chi connectivity index (χ0) is 10.4. The van der Waals surface area contributed by atoms with Crippen molar-refractivity contribution in [1.29, 1.82) is 0 Å². The first-order valence-electron chi connectivity index (χ1n) is 4.90. The summed E-state index contributed by atoms with van der Waals surface area (Å²) in [6, 6.07) is 0.948. The van der Waals surface area contributed by atoms with Crippen molar-refractivity contribution in [2.75, 3.05) is 6.54 Å². The third-order valence-electron chi connectivity index (χ3n) is 2.12. The maximum Gasteiger partial charge on any atom is 0.355 e. The fourth-order valence-electron chi connectivity index (χ4n) is 1.52. The lowest BCUT2D eigenvalue weighted by Crippen LogP contribution is -2.37. The van der Waals surface area contributed by atoms with E-state index in [-0.39, 0.29) is 6.42 Å². The molecule has 0 aromatic rings. The van der Waals surface area contributed by atoms with E-state index in [1.807, 2.05) is 0 Å². The first kappa shape index (κ1) is 12.4. The maximum atomic E-state index is 10.2. The highest BCUT2D eigenvalue weighted by atomic mass is 16.4. The van der Waals surface area contributed by atoms with Crippen molar-refractivity contribution in [1.82, 2.24) is 4.90 Å². The van der Waals surface area contributed by atoms with Crippen LogP contribution in [0.1, 0.15) is 40.5 Å². The number of rotatable bonds is 6. The average molecular weight is 186 g/mol.